The summed E-state index contributed by atoms with van der Waals surface area (Å²) < 4.78 is 0. The number of benzene rings is 4. The van der Waals surface area contributed by atoms with Crippen LogP contribution in [0.15, 0.2) is 72.8 Å². The van der Waals surface area contributed by atoms with Gasteiger partial charge in [-0.2, -0.15) is 0 Å². The summed E-state index contributed by atoms with van der Waals surface area (Å²) in [6.45, 7) is 2.19. The summed E-state index contributed by atoms with van der Waals surface area (Å²) in [4.78, 5) is 5.11. The Labute approximate surface area is 145 Å². The molecule has 116 valence electrons. The second kappa shape index (κ2) is 4.46. The number of nitrogens with zero attached hydrogens (tertiary/aromatic N) is 1. The maximum absolute atomic E-state index is 5.11. The van der Waals surface area contributed by atoms with Gasteiger partial charge in [0, 0.05) is 16.5 Å². The SMILES string of the molecule is Cc1ccc2cccc3c2c1-c1nc2ccc4ccccc4c2cc1-3. The van der Waals surface area contributed by atoms with Crippen LogP contribution in [-0.4, -0.2) is 4.98 Å². The predicted molar refractivity (Wildman–Crippen MR) is 106 cm³/mol. The van der Waals surface area contributed by atoms with E-state index in [4.69, 9.17) is 4.98 Å². The highest BCUT2D eigenvalue weighted by Crippen LogP contribution is 2.48. The Morgan fingerprint density at radius 2 is 1.52 bits per heavy atom. The van der Waals surface area contributed by atoms with Crippen molar-refractivity contribution in [1.82, 2.24) is 4.98 Å². The third-order valence-electron chi connectivity index (χ3n) is 5.50. The molecule has 0 saturated carbocycles. The van der Waals surface area contributed by atoms with Crippen LogP contribution in [-0.2, 0) is 0 Å². The van der Waals surface area contributed by atoms with Gasteiger partial charge in [0.15, 0.2) is 0 Å². The lowest BCUT2D eigenvalue weighted by Crippen LogP contribution is -1.88. The topological polar surface area (TPSA) is 12.9 Å². The average Bonchev–Trinajstić information content (AvgIpc) is 2.99. The van der Waals surface area contributed by atoms with Crippen LogP contribution in [0.2, 0.25) is 0 Å². The Morgan fingerprint density at radius 1 is 0.680 bits per heavy atom. The second-order valence-corrected chi connectivity index (χ2v) is 6.90. The molecule has 6 rings (SSSR count). The van der Waals surface area contributed by atoms with Gasteiger partial charge in [0.25, 0.3) is 0 Å². The highest BCUT2D eigenvalue weighted by Gasteiger charge is 2.24. The van der Waals surface area contributed by atoms with Crippen LogP contribution in [0.5, 0.6) is 0 Å². The molecule has 0 N–H and O–H groups in total. The highest BCUT2D eigenvalue weighted by atomic mass is 14.7. The van der Waals surface area contributed by atoms with Crippen molar-refractivity contribution in [2.24, 2.45) is 0 Å². The van der Waals surface area contributed by atoms with Crippen LogP contribution in [0, 0.1) is 6.92 Å². The number of aryl methyl sites for hydroxylation is 1. The number of fused-ring (bicyclic) bond motifs is 6. The molecule has 1 heterocycles. The molecule has 25 heavy (non-hydrogen) atoms. The van der Waals surface area contributed by atoms with Gasteiger partial charge in [-0.3, -0.25) is 0 Å². The van der Waals surface area contributed by atoms with Gasteiger partial charge in [0.05, 0.1) is 11.2 Å². The molecule has 0 amide bonds. The van der Waals surface area contributed by atoms with Gasteiger partial charge in [-0.05, 0) is 51.7 Å². The van der Waals surface area contributed by atoms with Crippen LogP contribution in [0.3, 0.4) is 0 Å². The van der Waals surface area contributed by atoms with E-state index in [9.17, 15) is 0 Å². The standard InChI is InChI=1S/C24H15N/c1-14-9-10-16-6-4-8-18-20-13-19-17-7-3-2-5-15(17)11-12-21(19)25-24(20)22(14)23(16)18/h2-13H,1H3. The van der Waals surface area contributed by atoms with Crippen molar-refractivity contribution < 1.29 is 0 Å². The minimum atomic E-state index is 1.07. The van der Waals surface area contributed by atoms with Crippen LogP contribution >= 0.6 is 0 Å². The number of hydrogen-bond donors (Lipinski definition) is 0. The number of pyridine rings is 1. The molecular formula is C24H15N. The first-order valence-corrected chi connectivity index (χ1v) is 8.67. The zero-order chi connectivity index (χ0) is 16.5. The fourth-order valence-corrected chi connectivity index (χ4v) is 4.34. The normalized spacial score (nSPS) is 12.2. The van der Waals surface area contributed by atoms with E-state index < -0.39 is 0 Å². The van der Waals surface area contributed by atoms with Crippen molar-refractivity contribution in [1.29, 1.82) is 0 Å². The molecule has 0 unspecified atom stereocenters. The molecule has 0 atom stereocenters. The summed E-state index contributed by atoms with van der Waals surface area (Å²) in [5.74, 6) is 0. The molecule has 0 bridgehead atoms. The van der Waals surface area contributed by atoms with Crippen LogP contribution in [0.25, 0.3) is 54.8 Å². The van der Waals surface area contributed by atoms with Crippen LogP contribution in [0.1, 0.15) is 5.56 Å². The van der Waals surface area contributed by atoms with E-state index in [0.717, 1.165) is 11.2 Å². The number of aromatic nitrogens is 1. The quantitative estimate of drug-likeness (QED) is 0.291. The van der Waals surface area contributed by atoms with E-state index in [1.54, 1.807) is 0 Å². The molecule has 5 aromatic rings. The minimum Gasteiger partial charge on any atom is -0.247 e. The fraction of sp³-hybridized carbons (Fsp3) is 0.0417. The first-order valence-electron chi connectivity index (χ1n) is 8.67. The van der Waals surface area contributed by atoms with Crippen molar-refractivity contribution >= 4 is 32.4 Å². The zero-order valence-electron chi connectivity index (χ0n) is 13.9. The third-order valence-corrected chi connectivity index (χ3v) is 5.50. The lowest BCUT2D eigenvalue weighted by atomic mass is 10.0. The van der Waals surface area contributed by atoms with Gasteiger partial charge >= 0.3 is 0 Å². The Balaban J connectivity index is 1.84. The number of rotatable bonds is 0. The average molecular weight is 317 g/mol. The molecule has 0 aliphatic heterocycles. The van der Waals surface area contributed by atoms with Crippen LogP contribution in [0.4, 0.5) is 0 Å². The Bertz CT molecular complexity index is 1350. The summed E-state index contributed by atoms with van der Waals surface area (Å²) in [6.07, 6.45) is 0. The maximum Gasteiger partial charge on any atom is 0.0797 e. The van der Waals surface area contributed by atoms with E-state index >= 15 is 0 Å². The lowest BCUT2D eigenvalue weighted by Gasteiger charge is -2.08. The highest BCUT2D eigenvalue weighted by molar-refractivity contribution is 6.18. The molecule has 1 aromatic heterocycles. The number of hydrogen-bond acceptors (Lipinski definition) is 1. The molecule has 0 saturated heterocycles. The van der Waals surface area contributed by atoms with Crippen molar-refractivity contribution in [3.05, 3.63) is 78.4 Å². The molecule has 0 spiro atoms. The second-order valence-electron chi connectivity index (χ2n) is 6.90. The van der Waals surface area contributed by atoms with Crippen LogP contribution < -0.4 is 0 Å². The van der Waals surface area contributed by atoms with Crippen molar-refractivity contribution in [3.8, 4) is 22.4 Å². The molecule has 0 radical (unpaired) electrons. The molecule has 1 heteroatoms. The predicted octanol–water partition coefficient (Wildman–Crippen LogP) is 6.50. The lowest BCUT2D eigenvalue weighted by molar-refractivity contribution is 1.40. The first-order chi connectivity index (χ1) is 12.3. The van der Waals surface area contributed by atoms with Gasteiger partial charge in [-0.15, -0.1) is 0 Å². The third kappa shape index (κ3) is 1.60. The van der Waals surface area contributed by atoms with Gasteiger partial charge in [-0.1, -0.05) is 60.7 Å². The molecule has 1 aliphatic rings. The molecule has 0 fully saturated rings. The van der Waals surface area contributed by atoms with E-state index in [1.807, 2.05) is 0 Å². The fourth-order valence-electron chi connectivity index (χ4n) is 4.34. The summed E-state index contributed by atoms with van der Waals surface area (Å²) >= 11 is 0. The Morgan fingerprint density at radius 3 is 2.48 bits per heavy atom. The summed E-state index contributed by atoms with van der Waals surface area (Å²) in [5, 5.41) is 6.42. The van der Waals surface area contributed by atoms with Crippen molar-refractivity contribution in [2.75, 3.05) is 0 Å². The zero-order valence-corrected chi connectivity index (χ0v) is 13.9. The van der Waals surface area contributed by atoms with Gasteiger partial charge in [-0.25, -0.2) is 4.98 Å². The molecule has 4 aromatic carbocycles. The van der Waals surface area contributed by atoms with Gasteiger partial charge in [0.2, 0.25) is 0 Å². The van der Waals surface area contributed by atoms with Crippen molar-refractivity contribution in [2.45, 2.75) is 6.92 Å². The first kappa shape index (κ1) is 13.1. The summed E-state index contributed by atoms with van der Waals surface area (Å²) in [6, 6.07) is 26.2. The monoisotopic (exact) mass is 317 g/mol. The van der Waals surface area contributed by atoms with E-state index in [0.29, 0.717) is 0 Å². The largest absolute Gasteiger partial charge is 0.247 e. The molecule has 1 aliphatic carbocycles. The molecule has 1 nitrogen and oxygen atoms in total. The smallest absolute Gasteiger partial charge is 0.0797 e. The van der Waals surface area contributed by atoms with Crippen molar-refractivity contribution in [3.63, 3.8) is 0 Å². The van der Waals surface area contributed by atoms with Gasteiger partial charge in [0.1, 0.15) is 0 Å². The van der Waals surface area contributed by atoms with E-state index in [2.05, 4.69) is 79.7 Å². The van der Waals surface area contributed by atoms with E-state index in [1.165, 1.54) is 49.2 Å². The molecular weight excluding hydrogens is 302 g/mol. The Kier molecular flexibility index (Phi) is 2.34. The van der Waals surface area contributed by atoms with Gasteiger partial charge < -0.3 is 0 Å². The Hall–Kier alpha value is -3.19. The summed E-state index contributed by atoms with van der Waals surface area (Å²) in [5.41, 5.74) is 7.38. The van der Waals surface area contributed by atoms with E-state index in [-0.39, 0.29) is 0 Å². The summed E-state index contributed by atoms with van der Waals surface area (Å²) in [7, 11) is 0. The maximum atomic E-state index is 5.11. The minimum absolute atomic E-state index is 1.07.